The van der Waals surface area contributed by atoms with Crippen molar-refractivity contribution in [2.24, 2.45) is 0 Å². The van der Waals surface area contributed by atoms with Crippen LogP contribution in [0.4, 0.5) is 5.69 Å². The lowest BCUT2D eigenvalue weighted by atomic mass is 10.1. The van der Waals surface area contributed by atoms with E-state index in [0.717, 1.165) is 16.3 Å². The highest BCUT2D eigenvalue weighted by atomic mass is 16.6. The Kier molecular flexibility index (Phi) is 3.31. The Balaban J connectivity index is 2.01. The van der Waals surface area contributed by atoms with Crippen LogP contribution in [0.2, 0.25) is 0 Å². The number of aromatic nitrogens is 1. The topological polar surface area (TPSA) is 65.3 Å². The van der Waals surface area contributed by atoms with Crippen LogP contribution in [-0.2, 0) is 0 Å². The normalized spacial score (nSPS) is 10.8. The first-order valence-electron chi connectivity index (χ1n) is 7.42. The molecule has 116 valence electrons. The molecule has 0 aliphatic heterocycles. The highest BCUT2D eigenvalue weighted by Gasteiger charge is 2.14. The van der Waals surface area contributed by atoms with E-state index in [1.165, 1.54) is 12.1 Å². The van der Waals surface area contributed by atoms with E-state index < -0.39 is 4.92 Å². The Labute approximate surface area is 137 Å². The Bertz CT molecular complexity index is 1060. The minimum Gasteiger partial charge on any atom is -0.456 e. The van der Waals surface area contributed by atoms with E-state index in [1.807, 2.05) is 54.6 Å². The molecule has 0 unspecified atom stereocenters. The highest BCUT2D eigenvalue weighted by molar-refractivity contribution is 6.01. The maximum Gasteiger partial charge on any atom is 0.271 e. The van der Waals surface area contributed by atoms with Crippen LogP contribution in [0.5, 0.6) is 11.5 Å². The number of non-ortho nitro benzene ring substituents is 1. The average molecular weight is 316 g/mol. The molecule has 4 aromatic rings. The summed E-state index contributed by atoms with van der Waals surface area (Å²) in [6.07, 6.45) is 0. The Hall–Kier alpha value is -3.47. The fourth-order valence-electron chi connectivity index (χ4n) is 2.67. The summed E-state index contributed by atoms with van der Waals surface area (Å²) in [4.78, 5) is 15.1. The fraction of sp³-hybridized carbons (Fsp3) is 0. The molecule has 5 nitrogen and oxygen atoms in total. The molecule has 0 aliphatic carbocycles. The number of pyridine rings is 1. The van der Waals surface area contributed by atoms with Crippen molar-refractivity contribution < 1.29 is 9.66 Å². The van der Waals surface area contributed by atoms with Gasteiger partial charge in [-0.2, -0.15) is 0 Å². The summed E-state index contributed by atoms with van der Waals surface area (Å²) in [6.45, 7) is 0. The molecule has 1 heterocycles. The molecule has 0 atom stereocenters. The van der Waals surface area contributed by atoms with Crippen LogP contribution in [0.3, 0.4) is 0 Å². The van der Waals surface area contributed by atoms with Gasteiger partial charge < -0.3 is 4.74 Å². The van der Waals surface area contributed by atoms with E-state index in [-0.39, 0.29) is 5.69 Å². The number of hydrogen-bond donors (Lipinski definition) is 0. The second-order valence-corrected chi connectivity index (χ2v) is 5.33. The van der Waals surface area contributed by atoms with Gasteiger partial charge in [0.15, 0.2) is 0 Å². The van der Waals surface area contributed by atoms with Crippen LogP contribution in [0.25, 0.3) is 21.8 Å². The molecule has 0 bridgehead atoms. The maximum atomic E-state index is 11.0. The standard InChI is InChI=1S/C19H12N2O3/c22-21(23)13-10-11-16-18(12-13)20-17-9-5-4-8-15(17)19(16)24-14-6-2-1-3-7-14/h1-12H. The number of rotatable bonds is 3. The van der Waals surface area contributed by atoms with Crippen molar-refractivity contribution in [1.82, 2.24) is 4.98 Å². The largest absolute Gasteiger partial charge is 0.456 e. The number of fused-ring (bicyclic) bond motifs is 2. The van der Waals surface area contributed by atoms with Crippen LogP contribution in [0.15, 0.2) is 72.8 Å². The number of nitro benzene ring substituents is 1. The molecule has 0 saturated carbocycles. The third-order valence-electron chi connectivity index (χ3n) is 3.79. The van der Waals surface area contributed by atoms with Gasteiger partial charge in [-0.05, 0) is 30.3 Å². The van der Waals surface area contributed by atoms with E-state index >= 15 is 0 Å². The molecule has 0 saturated heterocycles. The molecule has 0 N–H and O–H groups in total. The molecule has 1 aromatic heterocycles. The fourth-order valence-corrected chi connectivity index (χ4v) is 2.67. The van der Waals surface area contributed by atoms with Gasteiger partial charge in [0.05, 0.1) is 16.0 Å². The van der Waals surface area contributed by atoms with Gasteiger partial charge in [-0.1, -0.05) is 30.3 Å². The minimum absolute atomic E-state index is 0.0101. The molecule has 3 aromatic carbocycles. The molecule has 0 aliphatic rings. The average Bonchev–Trinajstić information content (AvgIpc) is 2.62. The van der Waals surface area contributed by atoms with Crippen LogP contribution >= 0.6 is 0 Å². The Morgan fingerprint density at radius 2 is 1.54 bits per heavy atom. The van der Waals surface area contributed by atoms with Crippen molar-refractivity contribution >= 4 is 27.5 Å². The molecule has 0 amide bonds. The summed E-state index contributed by atoms with van der Waals surface area (Å²) < 4.78 is 6.10. The summed E-state index contributed by atoms with van der Waals surface area (Å²) in [5.74, 6) is 1.35. The first kappa shape index (κ1) is 14.1. The number of benzene rings is 3. The van der Waals surface area contributed by atoms with E-state index in [2.05, 4.69) is 4.98 Å². The van der Waals surface area contributed by atoms with Gasteiger partial charge in [0.1, 0.15) is 11.5 Å². The third kappa shape index (κ3) is 2.42. The minimum atomic E-state index is -0.423. The van der Waals surface area contributed by atoms with Gasteiger partial charge in [-0.25, -0.2) is 4.98 Å². The summed E-state index contributed by atoms with van der Waals surface area (Å²) in [5.41, 5.74) is 1.28. The first-order valence-corrected chi connectivity index (χ1v) is 7.42. The van der Waals surface area contributed by atoms with Crippen LogP contribution < -0.4 is 4.74 Å². The summed E-state index contributed by atoms with van der Waals surface area (Å²) in [7, 11) is 0. The van der Waals surface area contributed by atoms with E-state index in [0.29, 0.717) is 17.0 Å². The van der Waals surface area contributed by atoms with Crippen molar-refractivity contribution in [3.63, 3.8) is 0 Å². The molecular weight excluding hydrogens is 304 g/mol. The summed E-state index contributed by atoms with van der Waals surface area (Å²) in [6, 6.07) is 21.7. The van der Waals surface area contributed by atoms with Crippen LogP contribution in [0, 0.1) is 10.1 Å². The summed E-state index contributed by atoms with van der Waals surface area (Å²) in [5, 5.41) is 12.6. The summed E-state index contributed by atoms with van der Waals surface area (Å²) >= 11 is 0. The number of hydrogen-bond acceptors (Lipinski definition) is 4. The SMILES string of the molecule is O=[N+]([O-])c1ccc2c(Oc3ccccc3)c3ccccc3nc2c1. The highest BCUT2D eigenvalue weighted by Crippen LogP contribution is 2.37. The van der Waals surface area contributed by atoms with E-state index in [4.69, 9.17) is 4.74 Å². The second kappa shape index (κ2) is 5.62. The number of nitrogens with zero attached hydrogens (tertiary/aromatic N) is 2. The monoisotopic (exact) mass is 316 g/mol. The van der Waals surface area contributed by atoms with Gasteiger partial charge in [-0.15, -0.1) is 0 Å². The quantitative estimate of drug-likeness (QED) is 0.300. The molecule has 0 radical (unpaired) electrons. The van der Waals surface area contributed by atoms with Crippen molar-refractivity contribution in [2.45, 2.75) is 0 Å². The smallest absolute Gasteiger partial charge is 0.271 e. The number of ether oxygens (including phenoxy) is 1. The van der Waals surface area contributed by atoms with Gasteiger partial charge in [-0.3, -0.25) is 10.1 Å². The Morgan fingerprint density at radius 1 is 0.833 bits per heavy atom. The number of nitro groups is 1. The maximum absolute atomic E-state index is 11.0. The first-order chi connectivity index (χ1) is 11.7. The predicted molar refractivity (Wildman–Crippen MR) is 92.4 cm³/mol. The van der Waals surface area contributed by atoms with Crippen molar-refractivity contribution in [3.05, 3.63) is 82.9 Å². The van der Waals surface area contributed by atoms with Crippen LogP contribution in [0.1, 0.15) is 0 Å². The van der Waals surface area contributed by atoms with Gasteiger partial charge >= 0.3 is 0 Å². The third-order valence-corrected chi connectivity index (χ3v) is 3.79. The lowest BCUT2D eigenvalue weighted by molar-refractivity contribution is -0.384. The predicted octanol–water partition coefficient (Wildman–Crippen LogP) is 5.09. The van der Waals surface area contributed by atoms with E-state index in [9.17, 15) is 10.1 Å². The van der Waals surface area contributed by atoms with Crippen molar-refractivity contribution in [2.75, 3.05) is 0 Å². The molecular formula is C19H12N2O3. The number of para-hydroxylation sites is 2. The Morgan fingerprint density at radius 3 is 2.33 bits per heavy atom. The zero-order chi connectivity index (χ0) is 16.5. The van der Waals surface area contributed by atoms with Gasteiger partial charge in [0, 0.05) is 22.9 Å². The molecule has 4 rings (SSSR count). The zero-order valence-corrected chi connectivity index (χ0v) is 12.5. The van der Waals surface area contributed by atoms with Gasteiger partial charge in [0.25, 0.3) is 5.69 Å². The molecule has 0 fully saturated rings. The second-order valence-electron chi connectivity index (χ2n) is 5.33. The molecule has 5 heteroatoms. The molecule has 0 spiro atoms. The van der Waals surface area contributed by atoms with E-state index in [1.54, 1.807) is 6.07 Å². The van der Waals surface area contributed by atoms with Crippen molar-refractivity contribution in [3.8, 4) is 11.5 Å². The molecule has 24 heavy (non-hydrogen) atoms. The lowest BCUT2D eigenvalue weighted by Gasteiger charge is -2.12. The van der Waals surface area contributed by atoms with Crippen molar-refractivity contribution in [1.29, 1.82) is 0 Å². The zero-order valence-electron chi connectivity index (χ0n) is 12.5. The van der Waals surface area contributed by atoms with Crippen LogP contribution in [-0.4, -0.2) is 9.91 Å². The lowest BCUT2D eigenvalue weighted by Crippen LogP contribution is -1.93. The van der Waals surface area contributed by atoms with Gasteiger partial charge in [0.2, 0.25) is 0 Å².